The molecule has 3 aromatic rings. The third kappa shape index (κ3) is 2.04. The zero-order chi connectivity index (χ0) is 14.1. The van der Waals surface area contributed by atoms with Crippen molar-refractivity contribution in [1.82, 2.24) is 9.55 Å². The molecular weight excluding hydrogens is 270 g/mol. The molecular formula is C16H12ClN3. The Hall–Kier alpha value is -2.31. The third-order valence-electron chi connectivity index (χ3n) is 3.43. The van der Waals surface area contributed by atoms with Gasteiger partial charge in [-0.25, -0.2) is 4.98 Å². The molecule has 0 spiro atoms. The molecule has 3 rings (SSSR count). The van der Waals surface area contributed by atoms with Crippen LogP contribution < -0.4 is 0 Å². The zero-order valence-electron chi connectivity index (χ0n) is 11.0. The van der Waals surface area contributed by atoms with Gasteiger partial charge in [-0.05, 0) is 23.8 Å². The number of para-hydroxylation sites is 1. The Morgan fingerprint density at radius 2 is 2.00 bits per heavy atom. The van der Waals surface area contributed by atoms with Gasteiger partial charge in [0, 0.05) is 18.5 Å². The molecule has 0 N–H and O–H groups in total. The summed E-state index contributed by atoms with van der Waals surface area (Å²) in [5.74, 6) is 0.899. The highest BCUT2D eigenvalue weighted by molar-refractivity contribution is 6.31. The van der Waals surface area contributed by atoms with Crippen LogP contribution in [-0.4, -0.2) is 9.55 Å². The van der Waals surface area contributed by atoms with Gasteiger partial charge in [0.1, 0.15) is 17.4 Å². The maximum atomic E-state index is 9.15. The van der Waals surface area contributed by atoms with Crippen LogP contribution in [0.15, 0.2) is 42.5 Å². The summed E-state index contributed by atoms with van der Waals surface area (Å²) < 4.78 is 2.01. The van der Waals surface area contributed by atoms with E-state index in [-0.39, 0.29) is 0 Å². The number of imidazole rings is 1. The second-order valence-electron chi connectivity index (χ2n) is 4.64. The Balaban J connectivity index is 2.12. The van der Waals surface area contributed by atoms with E-state index in [1.165, 1.54) is 0 Å². The fraction of sp³-hybridized carbons (Fsp3) is 0.125. The lowest BCUT2D eigenvalue weighted by Crippen LogP contribution is -1.99. The topological polar surface area (TPSA) is 41.6 Å². The second-order valence-corrected chi connectivity index (χ2v) is 5.05. The molecule has 1 aromatic heterocycles. The van der Waals surface area contributed by atoms with Gasteiger partial charge in [-0.3, -0.25) is 0 Å². The lowest BCUT2D eigenvalue weighted by atomic mass is 10.1. The van der Waals surface area contributed by atoms with E-state index in [1.54, 1.807) is 6.07 Å². The summed E-state index contributed by atoms with van der Waals surface area (Å²) in [6, 6.07) is 15.6. The van der Waals surface area contributed by atoms with Gasteiger partial charge >= 0.3 is 0 Å². The number of aryl methyl sites for hydroxylation is 1. The average Bonchev–Trinajstić information content (AvgIpc) is 2.78. The van der Waals surface area contributed by atoms with Crippen molar-refractivity contribution in [2.45, 2.75) is 6.42 Å². The first-order valence-corrected chi connectivity index (χ1v) is 6.66. The van der Waals surface area contributed by atoms with Crippen LogP contribution in [-0.2, 0) is 13.5 Å². The highest BCUT2D eigenvalue weighted by Crippen LogP contribution is 2.23. The van der Waals surface area contributed by atoms with Gasteiger partial charge in [-0.15, -0.1) is 0 Å². The summed E-state index contributed by atoms with van der Waals surface area (Å²) in [7, 11) is 1.96. The smallest absolute Gasteiger partial charge is 0.114 e. The van der Waals surface area contributed by atoms with Crippen LogP contribution >= 0.6 is 11.6 Å². The molecule has 0 amide bonds. The minimum atomic E-state index is 0.600. The molecule has 0 aliphatic rings. The van der Waals surface area contributed by atoms with Gasteiger partial charge in [0.05, 0.1) is 11.1 Å². The molecule has 0 saturated heterocycles. The van der Waals surface area contributed by atoms with Crippen molar-refractivity contribution in [3.8, 4) is 6.07 Å². The standard InChI is InChI=1S/C16H12ClN3/c1-20-14-8-4-6-12(10-18)16(14)19-15(20)9-11-5-2-3-7-13(11)17/h2-8H,9H2,1H3. The maximum Gasteiger partial charge on any atom is 0.114 e. The zero-order valence-corrected chi connectivity index (χ0v) is 11.7. The van der Waals surface area contributed by atoms with E-state index < -0.39 is 0 Å². The predicted octanol–water partition coefficient (Wildman–Crippen LogP) is 3.69. The molecule has 0 aliphatic carbocycles. The summed E-state index contributed by atoms with van der Waals surface area (Å²) >= 11 is 6.19. The first kappa shape index (κ1) is 12.7. The molecule has 98 valence electrons. The van der Waals surface area contributed by atoms with Crippen molar-refractivity contribution in [3.05, 3.63) is 64.4 Å². The lowest BCUT2D eigenvalue weighted by molar-refractivity contribution is 0.845. The van der Waals surface area contributed by atoms with Gasteiger partial charge in [-0.2, -0.15) is 5.26 Å². The Labute approximate surface area is 122 Å². The summed E-state index contributed by atoms with van der Waals surface area (Å²) in [6.07, 6.45) is 0.649. The lowest BCUT2D eigenvalue weighted by Gasteiger charge is -2.04. The van der Waals surface area contributed by atoms with E-state index in [4.69, 9.17) is 16.9 Å². The van der Waals surface area contributed by atoms with Gasteiger partial charge in [-0.1, -0.05) is 35.9 Å². The maximum absolute atomic E-state index is 9.15. The Kier molecular flexibility index (Phi) is 3.17. The van der Waals surface area contributed by atoms with Crippen molar-refractivity contribution < 1.29 is 0 Å². The van der Waals surface area contributed by atoms with Crippen molar-refractivity contribution in [1.29, 1.82) is 5.26 Å². The van der Waals surface area contributed by atoms with Crippen molar-refractivity contribution in [2.75, 3.05) is 0 Å². The SMILES string of the molecule is Cn1c(Cc2ccccc2Cl)nc2c(C#N)cccc21. The van der Waals surface area contributed by atoms with Crippen LogP contribution in [0.25, 0.3) is 11.0 Å². The third-order valence-corrected chi connectivity index (χ3v) is 3.80. The molecule has 3 nitrogen and oxygen atoms in total. The summed E-state index contributed by atoms with van der Waals surface area (Å²) in [5.41, 5.74) is 3.35. The molecule has 4 heteroatoms. The number of aromatic nitrogens is 2. The van der Waals surface area contributed by atoms with Crippen molar-refractivity contribution in [3.63, 3.8) is 0 Å². The number of benzene rings is 2. The quantitative estimate of drug-likeness (QED) is 0.719. The first-order chi connectivity index (χ1) is 9.70. The fourth-order valence-corrected chi connectivity index (χ4v) is 2.53. The number of hydrogen-bond acceptors (Lipinski definition) is 2. The average molecular weight is 282 g/mol. The first-order valence-electron chi connectivity index (χ1n) is 6.28. The van der Waals surface area contributed by atoms with Crippen LogP contribution in [0.3, 0.4) is 0 Å². The van der Waals surface area contributed by atoms with Crippen molar-refractivity contribution >= 4 is 22.6 Å². The predicted molar refractivity (Wildman–Crippen MR) is 79.7 cm³/mol. The van der Waals surface area contributed by atoms with E-state index >= 15 is 0 Å². The Morgan fingerprint density at radius 3 is 2.75 bits per heavy atom. The van der Waals surface area contributed by atoms with Crippen LogP contribution in [0.5, 0.6) is 0 Å². The highest BCUT2D eigenvalue weighted by Gasteiger charge is 2.12. The van der Waals surface area contributed by atoms with E-state index in [2.05, 4.69) is 11.1 Å². The molecule has 0 saturated carbocycles. The minimum absolute atomic E-state index is 0.600. The van der Waals surface area contributed by atoms with Crippen LogP contribution in [0.1, 0.15) is 17.0 Å². The number of rotatable bonds is 2. The monoisotopic (exact) mass is 281 g/mol. The molecule has 0 unspecified atom stereocenters. The Morgan fingerprint density at radius 1 is 1.20 bits per heavy atom. The molecule has 0 aliphatic heterocycles. The fourth-order valence-electron chi connectivity index (χ4n) is 2.32. The molecule has 20 heavy (non-hydrogen) atoms. The molecule has 0 radical (unpaired) electrons. The number of fused-ring (bicyclic) bond motifs is 1. The molecule has 2 aromatic carbocycles. The number of hydrogen-bond donors (Lipinski definition) is 0. The summed E-state index contributed by atoms with van der Waals surface area (Å²) in [5, 5.41) is 9.89. The molecule has 0 atom stereocenters. The van der Waals surface area contributed by atoms with Crippen molar-refractivity contribution in [2.24, 2.45) is 7.05 Å². The number of nitriles is 1. The highest BCUT2D eigenvalue weighted by atomic mass is 35.5. The molecule has 1 heterocycles. The van der Waals surface area contributed by atoms with Gasteiger partial charge < -0.3 is 4.57 Å². The van der Waals surface area contributed by atoms with E-state index in [1.807, 2.05) is 48.0 Å². The van der Waals surface area contributed by atoms with Crippen LogP contribution in [0.2, 0.25) is 5.02 Å². The summed E-state index contributed by atoms with van der Waals surface area (Å²) in [6.45, 7) is 0. The molecule has 0 bridgehead atoms. The van der Waals surface area contributed by atoms with Gasteiger partial charge in [0.25, 0.3) is 0 Å². The normalized spacial score (nSPS) is 10.7. The van der Waals surface area contributed by atoms with Gasteiger partial charge in [0.2, 0.25) is 0 Å². The number of halogens is 1. The van der Waals surface area contributed by atoms with E-state index in [0.29, 0.717) is 12.0 Å². The number of nitrogens with zero attached hydrogens (tertiary/aromatic N) is 3. The van der Waals surface area contributed by atoms with Gasteiger partial charge in [0.15, 0.2) is 0 Å². The molecule has 0 fully saturated rings. The second kappa shape index (κ2) is 4.99. The van der Waals surface area contributed by atoms with E-state index in [9.17, 15) is 0 Å². The van der Waals surface area contributed by atoms with Crippen LogP contribution in [0, 0.1) is 11.3 Å². The minimum Gasteiger partial charge on any atom is -0.331 e. The largest absolute Gasteiger partial charge is 0.331 e. The Bertz CT molecular complexity index is 827. The van der Waals surface area contributed by atoms with Crippen LogP contribution in [0.4, 0.5) is 0 Å². The summed E-state index contributed by atoms with van der Waals surface area (Å²) in [4.78, 5) is 4.60. The van der Waals surface area contributed by atoms with E-state index in [0.717, 1.165) is 27.4 Å².